The van der Waals surface area contributed by atoms with E-state index in [1.165, 1.54) is 11.3 Å². The third-order valence-corrected chi connectivity index (χ3v) is 5.73. The molecular formula is C15H23NaO6S2. The van der Waals surface area contributed by atoms with Crippen molar-refractivity contribution in [1.29, 1.82) is 0 Å². The monoisotopic (exact) mass is 386 g/mol. The van der Waals surface area contributed by atoms with Gasteiger partial charge in [0.05, 0.1) is 22.0 Å². The van der Waals surface area contributed by atoms with Crippen LogP contribution in [0.1, 0.15) is 39.0 Å². The molecule has 0 aliphatic carbocycles. The maximum atomic E-state index is 11.3. The second-order valence-electron chi connectivity index (χ2n) is 5.63. The van der Waals surface area contributed by atoms with E-state index in [4.69, 9.17) is 14.2 Å². The van der Waals surface area contributed by atoms with Crippen LogP contribution >= 0.6 is 11.3 Å². The summed E-state index contributed by atoms with van der Waals surface area (Å²) >= 11 is 1.51. The number of thiophene rings is 1. The molecule has 0 fully saturated rings. The molecule has 6 nitrogen and oxygen atoms in total. The Hall–Kier alpha value is 0.170. The van der Waals surface area contributed by atoms with E-state index in [9.17, 15) is 13.0 Å². The zero-order valence-corrected chi connectivity index (χ0v) is 17.9. The average Bonchev–Trinajstić information content (AvgIpc) is 2.96. The molecule has 0 radical (unpaired) electrons. The van der Waals surface area contributed by atoms with Gasteiger partial charge in [0.2, 0.25) is 0 Å². The molecule has 2 atom stereocenters. The molecule has 2 heterocycles. The van der Waals surface area contributed by atoms with Crippen molar-refractivity contribution in [3.05, 3.63) is 10.8 Å². The standard InChI is InChI=1S/C15H24O6S2.Na/c1-2-3-4-5-13(23(16,17)18)6-7-19-8-12-9-20-14-10-22-11-15(14)21-12;/h10-13H,2-9H2,1H3,(H,16,17,18);/q;+1/p-1. The molecular weight excluding hydrogens is 363 g/mol. The molecule has 2 rings (SSSR count). The fourth-order valence-electron chi connectivity index (χ4n) is 2.43. The molecule has 1 aliphatic rings. The van der Waals surface area contributed by atoms with E-state index in [1.807, 2.05) is 17.7 Å². The first-order chi connectivity index (χ1) is 11.0. The van der Waals surface area contributed by atoms with Gasteiger partial charge in [0.25, 0.3) is 0 Å². The molecule has 0 amide bonds. The SMILES string of the molecule is CCCCCC(CCOCC1COc2cscc2O1)S(=O)(=O)[O-].[Na+]. The normalized spacial score (nSPS) is 18.0. The molecule has 0 saturated carbocycles. The summed E-state index contributed by atoms with van der Waals surface area (Å²) in [6, 6.07) is 0. The summed E-state index contributed by atoms with van der Waals surface area (Å²) in [4.78, 5) is 0. The van der Waals surface area contributed by atoms with Crippen LogP contribution in [0.25, 0.3) is 0 Å². The molecule has 132 valence electrons. The van der Waals surface area contributed by atoms with E-state index in [0.717, 1.165) is 30.8 Å². The Balaban J connectivity index is 0.00000288. The van der Waals surface area contributed by atoms with Crippen molar-refractivity contribution >= 4 is 21.5 Å². The van der Waals surface area contributed by atoms with Gasteiger partial charge < -0.3 is 18.8 Å². The Morgan fingerprint density at radius 2 is 2.08 bits per heavy atom. The van der Waals surface area contributed by atoms with Gasteiger partial charge in [-0.1, -0.05) is 26.2 Å². The summed E-state index contributed by atoms with van der Waals surface area (Å²) in [6.45, 7) is 2.99. The largest absolute Gasteiger partial charge is 1.00 e. The van der Waals surface area contributed by atoms with Gasteiger partial charge in [-0.05, 0) is 12.8 Å². The summed E-state index contributed by atoms with van der Waals surface area (Å²) < 4.78 is 50.6. The third kappa shape index (κ3) is 7.19. The minimum Gasteiger partial charge on any atom is -0.748 e. The second kappa shape index (κ2) is 11.0. The van der Waals surface area contributed by atoms with Crippen LogP contribution < -0.4 is 39.0 Å². The predicted molar refractivity (Wildman–Crippen MR) is 87.3 cm³/mol. The molecule has 24 heavy (non-hydrogen) atoms. The summed E-state index contributed by atoms with van der Waals surface area (Å²) in [5, 5.41) is 2.89. The van der Waals surface area contributed by atoms with Crippen LogP contribution in [0.2, 0.25) is 0 Å². The van der Waals surface area contributed by atoms with E-state index >= 15 is 0 Å². The van der Waals surface area contributed by atoms with Crippen molar-refractivity contribution in [3.63, 3.8) is 0 Å². The minimum atomic E-state index is -4.27. The molecule has 1 aromatic heterocycles. The molecule has 2 unspecified atom stereocenters. The molecule has 0 saturated heterocycles. The fraction of sp³-hybridized carbons (Fsp3) is 0.733. The number of unbranched alkanes of at least 4 members (excludes halogenated alkanes) is 2. The van der Waals surface area contributed by atoms with Crippen LogP contribution in [-0.4, -0.2) is 44.1 Å². The van der Waals surface area contributed by atoms with Crippen molar-refractivity contribution < 1.29 is 56.7 Å². The Labute approximate surface area is 169 Å². The van der Waals surface area contributed by atoms with E-state index in [-0.39, 0.29) is 48.7 Å². The molecule has 1 aromatic rings. The Bertz CT molecular complexity index is 574. The van der Waals surface area contributed by atoms with Crippen molar-refractivity contribution in [2.75, 3.05) is 19.8 Å². The van der Waals surface area contributed by atoms with Crippen molar-refractivity contribution in [1.82, 2.24) is 0 Å². The van der Waals surface area contributed by atoms with Gasteiger partial charge in [0.15, 0.2) is 17.6 Å². The van der Waals surface area contributed by atoms with Crippen LogP contribution in [0.3, 0.4) is 0 Å². The Kier molecular flexibility index (Phi) is 10.2. The van der Waals surface area contributed by atoms with Gasteiger partial charge in [0.1, 0.15) is 6.61 Å². The number of fused-ring (bicyclic) bond motifs is 1. The smallest absolute Gasteiger partial charge is 0.748 e. The van der Waals surface area contributed by atoms with Gasteiger partial charge in [-0.15, -0.1) is 11.3 Å². The zero-order chi connectivity index (χ0) is 16.7. The summed E-state index contributed by atoms with van der Waals surface area (Å²) in [6.07, 6.45) is 3.11. The van der Waals surface area contributed by atoms with Crippen LogP contribution in [0.15, 0.2) is 10.8 Å². The molecule has 0 bridgehead atoms. The van der Waals surface area contributed by atoms with Crippen LogP contribution in [-0.2, 0) is 14.9 Å². The van der Waals surface area contributed by atoms with E-state index in [1.54, 1.807) is 0 Å². The molecule has 1 aliphatic heterocycles. The average molecular weight is 386 g/mol. The van der Waals surface area contributed by atoms with Crippen molar-refractivity contribution in [2.24, 2.45) is 0 Å². The van der Waals surface area contributed by atoms with E-state index in [0.29, 0.717) is 19.6 Å². The maximum Gasteiger partial charge on any atom is 1.00 e. The summed E-state index contributed by atoms with van der Waals surface area (Å²) in [5.41, 5.74) is 0. The number of hydrogen-bond acceptors (Lipinski definition) is 7. The molecule has 9 heteroatoms. The van der Waals surface area contributed by atoms with Crippen LogP contribution in [0.4, 0.5) is 0 Å². The van der Waals surface area contributed by atoms with Crippen LogP contribution in [0, 0.1) is 0 Å². The predicted octanol–water partition coefficient (Wildman–Crippen LogP) is -0.207. The van der Waals surface area contributed by atoms with Gasteiger partial charge in [-0.2, -0.15) is 0 Å². The zero-order valence-electron chi connectivity index (χ0n) is 14.2. The number of ether oxygens (including phenoxy) is 3. The third-order valence-electron chi connectivity index (χ3n) is 3.74. The van der Waals surface area contributed by atoms with Gasteiger partial charge >= 0.3 is 29.6 Å². The summed E-state index contributed by atoms with van der Waals surface area (Å²) in [5.74, 6) is 1.47. The molecule has 0 aromatic carbocycles. The van der Waals surface area contributed by atoms with E-state index in [2.05, 4.69) is 0 Å². The molecule has 0 N–H and O–H groups in total. The van der Waals surface area contributed by atoms with Gasteiger partial charge in [0, 0.05) is 17.4 Å². The van der Waals surface area contributed by atoms with E-state index < -0.39 is 15.4 Å². The fourth-order valence-corrected chi connectivity index (χ4v) is 3.94. The Morgan fingerprint density at radius 1 is 1.33 bits per heavy atom. The molecule has 0 spiro atoms. The van der Waals surface area contributed by atoms with Crippen molar-refractivity contribution in [2.45, 2.75) is 50.4 Å². The number of hydrogen-bond donors (Lipinski definition) is 0. The first-order valence-electron chi connectivity index (χ1n) is 7.88. The van der Waals surface area contributed by atoms with Gasteiger partial charge in [-0.3, -0.25) is 0 Å². The first-order valence-corrected chi connectivity index (χ1v) is 10.3. The first kappa shape index (κ1) is 22.2. The second-order valence-corrected chi connectivity index (χ2v) is 8.02. The quantitative estimate of drug-likeness (QED) is 0.314. The number of rotatable bonds is 10. The van der Waals surface area contributed by atoms with Crippen molar-refractivity contribution in [3.8, 4) is 11.5 Å². The van der Waals surface area contributed by atoms with Gasteiger partial charge in [-0.25, -0.2) is 8.42 Å². The maximum absolute atomic E-state index is 11.3. The Morgan fingerprint density at radius 3 is 2.79 bits per heavy atom. The topological polar surface area (TPSA) is 84.9 Å². The van der Waals surface area contributed by atoms with Crippen LogP contribution in [0.5, 0.6) is 11.5 Å². The minimum absolute atomic E-state index is 0. The summed E-state index contributed by atoms with van der Waals surface area (Å²) in [7, 11) is -4.27.